The number of hydrogen-bond donors (Lipinski definition) is 2. The van der Waals surface area contributed by atoms with E-state index in [1.807, 2.05) is 0 Å². The number of nitrogens with zero attached hydrogens (tertiary/aromatic N) is 1. The quantitative estimate of drug-likeness (QED) is 0.602. The molecule has 0 aromatic rings. The van der Waals surface area contributed by atoms with E-state index in [0.717, 1.165) is 0 Å². The van der Waals surface area contributed by atoms with Crippen LogP contribution >= 0.6 is 0 Å². The molecule has 0 spiro atoms. The highest BCUT2D eigenvalue weighted by Gasteiger charge is 2.46. The summed E-state index contributed by atoms with van der Waals surface area (Å²) in [6.45, 7) is 8.86. The zero-order valence-electron chi connectivity index (χ0n) is 13.8. The van der Waals surface area contributed by atoms with E-state index in [1.54, 1.807) is 20.8 Å². The molecule has 1 aliphatic heterocycles. The van der Waals surface area contributed by atoms with E-state index < -0.39 is 29.3 Å². The van der Waals surface area contributed by atoms with Crippen LogP contribution in [0.1, 0.15) is 33.6 Å². The molecule has 0 aliphatic carbocycles. The van der Waals surface area contributed by atoms with Gasteiger partial charge in [0.25, 0.3) is 0 Å². The second kappa shape index (κ2) is 7.34. The molecule has 2 N–H and O–H groups in total. The fourth-order valence-corrected chi connectivity index (χ4v) is 2.20. The predicted molar refractivity (Wildman–Crippen MR) is 82.1 cm³/mol. The molecule has 1 fully saturated rings. The van der Waals surface area contributed by atoms with E-state index in [1.165, 1.54) is 11.0 Å². The van der Waals surface area contributed by atoms with Gasteiger partial charge < -0.3 is 24.8 Å². The van der Waals surface area contributed by atoms with Crippen LogP contribution in [0.2, 0.25) is 0 Å². The van der Waals surface area contributed by atoms with Crippen molar-refractivity contribution >= 4 is 18.2 Å². The van der Waals surface area contributed by atoms with Crippen LogP contribution in [0.15, 0.2) is 12.7 Å². The van der Waals surface area contributed by atoms with E-state index in [9.17, 15) is 14.4 Å². The fourth-order valence-electron chi connectivity index (χ4n) is 2.20. The molecule has 23 heavy (non-hydrogen) atoms. The first-order valence-corrected chi connectivity index (χ1v) is 7.37. The Morgan fingerprint density at radius 1 is 1.30 bits per heavy atom. The van der Waals surface area contributed by atoms with Gasteiger partial charge in [0.15, 0.2) is 0 Å². The fraction of sp³-hybridized carbons (Fsp3) is 0.667. The average molecular weight is 328 g/mol. The zero-order chi connectivity index (χ0) is 17.7. The van der Waals surface area contributed by atoms with E-state index in [-0.39, 0.29) is 32.5 Å². The van der Waals surface area contributed by atoms with Gasteiger partial charge in [-0.1, -0.05) is 12.7 Å². The summed E-state index contributed by atoms with van der Waals surface area (Å²) in [7, 11) is 0. The van der Waals surface area contributed by atoms with Gasteiger partial charge >= 0.3 is 18.2 Å². The molecule has 1 heterocycles. The molecule has 0 aromatic heterocycles. The summed E-state index contributed by atoms with van der Waals surface area (Å²) in [4.78, 5) is 36.6. The highest BCUT2D eigenvalue weighted by Crippen LogP contribution is 2.26. The van der Waals surface area contributed by atoms with Crippen LogP contribution in [0.3, 0.4) is 0 Å². The normalized spacial score (nSPS) is 17.1. The Bertz CT molecular complexity index is 475. The summed E-state index contributed by atoms with van der Waals surface area (Å²) in [5, 5.41) is 11.6. The topological polar surface area (TPSA) is 105 Å². The molecule has 8 nitrogen and oxygen atoms in total. The molecule has 0 unspecified atom stereocenters. The van der Waals surface area contributed by atoms with Crippen LogP contribution in [0.25, 0.3) is 0 Å². The summed E-state index contributed by atoms with van der Waals surface area (Å²) in [5.74, 6) is -0.592. The molecule has 130 valence electrons. The summed E-state index contributed by atoms with van der Waals surface area (Å²) >= 11 is 0. The first-order valence-electron chi connectivity index (χ1n) is 7.37. The maximum atomic E-state index is 12.5. The number of carboxylic acid groups (broad SMARTS) is 1. The lowest BCUT2D eigenvalue weighted by Gasteiger charge is -2.40. The van der Waals surface area contributed by atoms with Gasteiger partial charge in [-0.2, -0.15) is 0 Å². The molecule has 2 amide bonds. The molecule has 0 saturated carbocycles. The molecule has 0 bridgehead atoms. The first-order chi connectivity index (χ1) is 10.6. The first kappa shape index (κ1) is 18.8. The van der Waals surface area contributed by atoms with Crippen LogP contribution < -0.4 is 5.32 Å². The third kappa shape index (κ3) is 5.46. The van der Waals surface area contributed by atoms with Crippen molar-refractivity contribution in [1.29, 1.82) is 0 Å². The molecule has 0 radical (unpaired) electrons. The van der Waals surface area contributed by atoms with Crippen LogP contribution in [0.5, 0.6) is 0 Å². The molecule has 0 atom stereocenters. The number of likely N-dealkylation sites (tertiary alicyclic amines) is 1. The van der Waals surface area contributed by atoms with Gasteiger partial charge in [0.1, 0.15) is 17.7 Å². The van der Waals surface area contributed by atoms with Crippen molar-refractivity contribution in [2.45, 2.75) is 44.8 Å². The Balaban J connectivity index is 2.88. The Morgan fingerprint density at radius 3 is 2.30 bits per heavy atom. The van der Waals surface area contributed by atoms with Gasteiger partial charge in [-0.05, 0) is 33.6 Å². The number of esters is 1. The largest absolute Gasteiger partial charge is 0.465 e. The van der Waals surface area contributed by atoms with Crippen LogP contribution in [0, 0.1) is 0 Å². The number of carbonyl (C=O) groups excluding carboxylic acids is 2. The zero-order valence-corrected chi connectivity index (χ0v) is 13.8. The van der Waals surface area contributed by atoms with Crippen molar-refractivity contribution in [2.24, 2.45) is 0 Å². The van der Waals surface area contributed by atoms with Crippen molar-refractivity contribution in [2.75, 3.05) is 19.7 Å². The van der Waals surface area contributed by atoms with E-state index >= 15 is 0 Å². The summed E-state index contributed by atoms with van der Waals surface area (Å²) in [6.07, 6.45) is -0.168. The Hall–Kier alpha value is -2.25. The van der Waals surface area contributed by atoms with Crippen LogP contribution in [0.4, 0.5) is 9.59 Å². The lowest BCUT2D eigenvalue weighted by atomic mass is 9.87. The van der Waals surface area contributed by atoms with Crippen molar-refractivity contribution in [1.82, 2.24) is 10.2 Å². The maximum absolute atomic E-state index is 12.5. The highest BCUT2D eigenvalue weighted by molar-refractivity contribution is 5.86. The minimum Gasteiger partial charge on any atom is -0.465 e. The second-order valence-corrected chi connectivity index (χ2v) is 6.37. The summed E-state index contributed by atoms with van der Waals surface area (Å²) in [5.41, 5.74) is -2.02. The SMILES string of the molecule is C=CCOC(=O)NC1(C(=O)OC(C)(C)C)CCN(C(=O)O)CC1. The number of carbonyl (C=O) groups is 3. The molecule has 0 aromatic carbocycles. The van der Waals surface area contributed by atoms with Crippen LogP contribution in [-0.4, -0.2) is 59.0 Å². The Labute approximate surface area is 135 Å². The summed E-state index contributed by atoms with van der Waals surface area (Å²) < 4.78 is 10.3. The molecule has 8 heteroatoms. The lowest BCUT2D eigenvalue weighted by molar-refractivity contribution is -0.165. The van der Waals surface area contributed by atoms with E-state index in [0.29, 0.717) is 0 Å². The lowest BCUT2D eigenvalue weighted by Crippen LogP contribution is -2.62. The molecule has 1 rings (SSSR count). The number of alkyl carbamates (subject to hydrolysis) is 1. The van der Waals surface area contributed by atoms with Crippen molar-refractivity contribution in [3.8, 4) is 0 Å². The van der Waals surface area contributed by atoms with Gasteiger partial charge in [-0.25, -0.2) is 14.4 Å². The number of nitrogens with one attached hydrogen (secondary N) is 1. The van der Waals surface area contributed by atoms with Gasteiger partial charge in [0, 0.05) is 13.1 Å². The molecular formula is C15H24N2O6. The van der Waals surface area contributed by atoms with E-state index in [4.69, 9.17) is 14.6 Å². The van der Waals surface area contributed by atoms with Crippen molar-refractivity contribution in [3.63, 3.8) is 0 Å². The third-order valence-corrected chi connectivity index (χ3v) is 3.35. The van der Waals surface area contributed by atoms with Gasteiger partial charge in [0.2, 0.25) is 0 Å². The molecule has 1 aliphatic rings. The third-order valence-electron chi connectivity index (χ3n) is 3.35. The van der Waals surface area contributed by atoms with Crippen molar-refractivity contribution < 1.29 is 29.0 Å². The second-order valence-electron chi connectivity index (χ2n) is 6.37. The van der Waals surface area contributed by atoms with E-state index in [2.05, 4.69) is 11.9 Å². The number of piperidine rings is 1. The maximum Gasteiger partial charge on any atom is 0.408 e. The summed E-state index contributed by atoms with van der Waals surface area (Å²) in [6, 6.07) is 0. The monoisotopic (exact) mass is 328 g/mol. The average Bonchev–Trinajstić information content (AvgIpc) is 2.43. The highest BCUT2D eigenvalue weighted by atomic mass is 16.6. The smallest absolute Gasteiger partial charge is 0.408 e. The predicted octanol–water partition coefficient (Wildman–Crippen LogP) is 1.75. The van der Waals surface area contributed by atoms with Crippen molar-refractivity contribution in [3.05, 3.63) is 12.7 Å². The number of rotatable bonds is 4. The standard InChI is InChI=1S/C15H24N2O6/c1-5-10-22-12(19)16-15(11(18)23-14(2,3)4)6-8-17(9-7-15)13(20)21/h5H,1,6-10H2,2-4H3,(H,16,19)(H,20,21). The molecular weight excluding hydrogens is 304 g/mol. The van der Waals surface area contributed by atoms with Gasteiger partial charge in [-0.15, -0.1) is 0 Å². The Morgan fingerprint density at radius 2 is 1.87 bits per heavy atom. The number of ether oxygens (including phenoxy) is 2. The minimum absolute atomic E-state index is 0.0114. The molecule has 1 saturated heterocycles. The minimum atomic E-state index is -1.29. The van der Waals surface area contributed by atoms with Gasteiger partial charge in [0.05, 0.1) is 0 Å². The Kier molecular flexibility index (Phi) is 6.00. The number of hydrogen-bond acceptors (Lipinski definition) is 5. The number of amides is 2. The van der Waals surface area contributed by atoms with Crippen LogP contribution in [-0.2, 0) is 14.3 Å². The van der Waals surface area contributed by atoms with Gasteiger partial charge in [-0.3, -0.25) is 0 Å².